The van der Waals surface area contributed by atoms with E-state index in [1.807, 2.05) is 17.8 Å². The maximum Gasteiger partial charge on any atom is 0.220 e. The summed E-state index contributed by atoms with van der Waals surface area (Å²) in [7, 11) is 0. The van der Waals surface area contributed by atoms with Crippen LogP contribution in [0.25, 0.3) is 0 Å². The summed E-state index contributed by atoms with van der Waals surface area (Å²) in [5.41, 5.74) is 0.969. The normalized spacial score (nSPS) is 15.3. The molecule has 1 aromatic rings. The molecule has 0 unspecified atom stereocenters. The lowest BCUT2D eigenvalue weighted by molar-refractivity contribution is -0.120. The molecule has 2 rings (SSSR count). The van der Waals surface area contributed by atoms with Crippen LogP contribution in [0.5, 0.6) is 0 Å². The lowest BCUT2D eigenvalue weighted by Gasteiger charge is -2.09. The number of amides is 1. The van der Waals surface area contributed by atoms with Gasteiger partial charge in [-0.25, -0.2) is 0 Å². The standard InChI is InChI=1S/C16H21Cl2NOS/c17-13-7-5-12(15(18)11-13)6-8-16(20)19-9-10-21-14-3-1-2-4-14/h5,7,11,14H,1-4,6,8-10H2,(H,19,20). The summed E-state index contributed by atoms with van der Waals surface area (Å²) in [5.74, 6) is 1.10. The highest BCUT2D eigenvalue weighted by atomic mass is 35.5. The molecular formula is C16H21Cl2NOS. The average molecular weight is 346 g/mol. The SMILES string of the molecule is O=C(CCc1ccc(Cl)cc1Cl)NCCSC1CCCC1. The number of benzene rings is 1. The van der Waals surface area contributed by atoms with E-state index < -0.39 is 0 Å². The Hall–Kier alpha value is -0.380. The van der Waals surface area contributed by atoms with Gasteiger partial charge in [-0.2, -0.15) is 11.8 Å². The second-order valence-electron chi connectivity index (χ2n) is 5.36. The van der Waals surface area contributed by atoms with Gasteiger partial charge in [-0.15, -0.1) is 0 Å². The highest BCUT2D eigenvalue weighted by Gasteiger charge is 2.14. The molecule has 1 aliphatic rings. The molecule has 0 bridgehead atoms. The number of thioether (sulfide) groups is 1. The number of halogens is 2. The number of aryl methyl sites for hydroxylation is 1. The van der Waals surface area contributed by atoms with E-state index in [1.54, 1.807) is 12.1 Å². The third kappa shape index (κ3) is 6.09. The summed E-state index contributed by atoms with van der Waals surface area (Å²) in [5, 5.41) is 5.05. The zero-order valence-corrected chi connectivity index (χ0v) is 14.4. The van der Waals surface area contributed by atoms with Gasteiger partial charge in [-0.1, -0.05) is 42.1 Å². The van der Waals surface area contributed by atoms with Gasteiger partial charge in [0.2, 0.25) is 5.91 Å². The Kier molecular flexibility index (Phi) is 7.21. The molecule has 0 radical (unpaired) electrons. The van der Waals surface area contributed by atoms with E-state index in [2.05, 4.69) is 5.32 Å². The van der Waals surface area contributed by atoms with Crippen molar-refractivity contribution in [2.75, 3.05) is 12.3 Å². The quantitative estimate of drug-likeness (QED) is 0.724. The van der Waals surface area contributed by atoms with E-state index in [-0.39, 0.29) is 5.91 Å². The molecule has 1 aliphatic carbocycles. The second kappa shape index (κ2) is 8.92. The molecule has 0 aliphatic heterocycles. The van der Waals surface area contributed by atoms with Crippen LogP contribution in [0.4, 0.5) is 0 Å². The van der Waals surface area contributed by atoms with E-state index >= 15 is 0 Å². The van der Waals surface area contributed by atoms with Crippen molar-refractivity contribution in [3.63, 3.8) is 0 Å². The smallest absolute Gasteiger partial charge is 0.220 e. The van der Waals surface area contributed by atoms with Crippen LogP contribution in [-0.4, -0.2) is 23.5 Å². The van der Waals surface area contributed by atoms with Crippen LogP contribution in [0.1, 0.15) is 37.7 Å². The number of nitrogens with one attached hydrogen (secondary N) is 1. The highest BCUT2D eigenvalue weighted by molar-refractivity contribution is 7.99. The Bertz CT molecular complexity index is 475. The van der Waals surface area contributed by atoms with E-state index in [9.17, 15) is 4.79 Å². The summed E-state index contributed by atoms with van der Waals surface area (Å²) in [6.45, 7) is 0.758. The van der Waals surface area contributed by atoms with E-state index in [1.165, 1.54) is 25.7 Å². The average Bonchev–Trinajstić information content (AvgIpc) is 2.96. The number of carbonyl (C=O) groups excluding carboxylic acids is 1. The summed E-state index contributed by atoms with van der Waals surface area (Å²) in [6.07, 6.45) is 6.53. The van der Waals surface area contributed by atoms with Gasteiger partial charge in [-0.3, -0.25) is 4.79 Å². The number of hydrogen-bond acceptors (Lipinski definition) is 2. The van der Waals surface area contributed by atoms with Crippen molar-refractivity contribution in [1.29, 1.82) is 0 Å². The predicted molar refractivity (Wildman–Crippen MR) is 92.5 cm³/mol. The Morgan fingerprint density at radius 1 is 1.29 bits per heavy atom. The molecule has 2 nitrogen and oxygen atoms in total. The van der Waals surface area contributed by atoms with E-state index in [0.29, 0.717) is 22.9 Å². The maximum atomic E-state index is 11.8. The van der Waals surface area contributed by atoms with Crippen molar-refractivity contribution in [3.8, 4) is 0 Å². The molecule has 0 aromatic heterocycles. The zero-order valence-electron chi connectivity index (χ0n) is 12.0. The molecule has 0 atom stereocenters. The van der Waals surface area contributed by atoms with Crippen molar-refractivity contribution >= 4 is 40.9 Å². The second-order valence-corrected chi connectivity index (χ2v) is 7.61. The lowest BCUT2D eigenvalue weighted by Crippen LogP contribution is -2.26. The zero-order chi connectivity index (χ0) is 15.1. The number of carbonyl (C=O) groups is 1. The van der Waals surface area contributed by atoms with Gasteiger partial charge in [-0.05, 0) is 37.0 Å². The van der Waals surface area contributed by atoms with Crippen molar-refractivity contribution in [2.24, 2.45) is 0 Å². The first-order chi connectivity index (χ1) is 10.1. The van der Waals surface area contributed by atoms with E-state index in [4.69, 9.17) is 23.2 Å². The Morgan fingerprint density at radius 3 is 2.76 bits per heavy atom. The Balaban J connectivity index is 1.60. The van der Waals surface area contributed by atoms with Crippen LogP contribution >= 0.6 is 35.0 Å². The summed E-state index contributed by atoms with van der Waals surface area (Å²) in [6, 6.07) is 5.40. The minimum Gasteiger partial charge on any atom is -0.355 e. The Morgan fingerprint density at radius 2 is 2.05 bits per heavy atom. The molecule has 21 heavy (non-hydrogen) atoms. The molecule has 0 spiro atoms. The van der Waals surface area contributed by atoms with Crippen molar-refractivity contribution in [1.82, 2.24) is 5.32 Å². The molecular weight excluding hydrogens is 325 g/mol. The van der Waals surface area contributed by atoms with E-state index in [0.717, 1.165) is 23.1 Å². The third-order valence-corrected chi connectivity index (χ3v) is 5.69. The van der Waals surface area contributed by atoms with Crippen LogP contribution in [0.15, 0.2) is 18.2 Å². The topological polar surface area (TPSA) is 29.1 Å². The third-order valence-electron chi connectivity index (χ3n) is 3.72. The fraction of sp³-hybridized carbons (Fsp3) is 0.562. The summed E-state index contributed by atoms with van der Waals surface area (Å²) >= 11 is 13.9. The molecule has 1 saturated carbocycles. The van der Waals surface area contributed by atoms with Crippen LogP contribution in [-0.2, 0) is 11.2 Å². The lowest BCUT2D eigenvalue weighted by atomic mass is 10.1. The fourth-order valence-corrected chi connectivity index (χ4v) is 4.25. The van der Waals surface area contributed by atoms with Crippen molar-refractivity contribution in [2.45, 2.75) is 43.8 Å². The first kappa shape index (κ1) is 17.0. The Labute approximate surface area is 141 Å². The predicted octanol–water partition coefficient (Wildman–Crippen LogP) is 4.72. The van der Waals surface area contributed by atoms with Gasteiger partial charge in [0.05, 0.1) is 0 Å². The molecule has 1 N–H and O–H groups in total. The molecule has 0 saturated heterocycles. The molecule has 0 heterocycles. The summed E-state index contributed by atoms with van der Waals surface area (Å²) in [4.78, 5) is 11.8. The van der Waals surface area contributed by atoms with Gasteiger partial charge in [0.15, 0.2) is 0 Å². The number of rotatable bonds is 7. The van der Waals surface area contributed by atoms with Crippen molar-refractivity contribution < 1.29 is 4.79 Å². The van der Waals surface area contributed by atoms with Crippen LogP contribution in [0.2, 0.25) is 10.0 Å². The minimum absolute atomic E-state index is 0.0908. The van der Waals surface area contributed by atoms with Gasteiger partial charge >= 0.3 is 0 Å². The van der Waals surface area contributed by atoms with Crippen molar-refractivity contribution in [3.05, 3.63) is 33.8 Å². The first-order valence-electron chi connectivity index (χ1n) is 7.47. The van der Waals surface area contributed by atoms with Crippen LogP contribution in [0.3, 0.4) is 0 Å². The maximum absolute atomic E-state index is 11.8. The molecule has 1 aromatic carbocycles. The monoisotopic (exact) mass is 345 g/mol. The molecule has 5 heteroatoms. The van der Waals surface area contributed by atoms with Crippen LogP contribution < -0.4 is 5.32 Å². The summed E-state index contributed by atoms with van der Waals surface area (Å²) < 4.78 is 0. The van der Waals surface area contributed by atoms with Gasteiger partial charge in [0.1, 0.15) is 0 Å². The number of hydrogen-bond donors (Lipinski definition) is 1. The largest absolute Gasteiger partial charge is 0.355 e. The van der Waals surface area contributed by atoms with Crippen LogP contribution in [0, 0.1) is 0 Å². The van der Waals surface area contributed by atoms with Gasteiger partial charge in [0, 0.05) is 34.0 Å². The van der Waals surface area contributed by atoms with Gasteiger partial charge < -0.3 is 5.32 Å². The highest BCUT2D eigenvalue weighted by Crippen LogP contribution is 2.28. The van der Waals surface area contributed by atoms with Gasteiger partial charge in [0.25, 0.3) is 0 Å². The molecule has 1 fully saturated rings. The fourth-order valence-electron chi connectivity index (χ4n) is 2.53. The minimum atomic E-state index is 0.0908. The molecule has 1 amide bonds. The first-order valence-corrected chi connectivity index (χ1v) is 9.28. The molecule has 116 valence electrons.